The summed E-state index contributed by atoms with van der Waals surface area (Å²) in [6.45, 7) is 3.38. The Morgan fingerprint density at radius 3 is 2.34 bits per heavy atom. The van der Waals surface area contributed by atoms with E-state index in [2.05, 4.69) is 15.6 Å². The van der Waals surface area contributed by atoms with Crippen LogP contribution < -0.4 is 20.9 Å². The van der Waals surface area contributed by atoms with Gasteiger partial charge in [0.25, 0.3) is 5.56 Å². The highest BCUT2D eigenvalue weighted by atomic mass is 16.5. The van der Waals surface area contributed by atoms with E-state index < -0.39 is 5.56 Å². The second-order valence-corrected chi connectivity index (χ2v) is 8.31. The SMILES string of the molecule is COc1ccc(NC(=O)Cn2c(=O)c(-c3ccccc3NC(=O)C(C)C)nc3ccccc32)cc1. The molecule has 0 saturated heterocycles. The van der Waals surface area contributed by atoms with Crippen LogP contribution in [0.4, 0.5) is 11.4 Å². The molecule has 8 nitrogen and oxygen atoms in total. The zero-order chi connectivity index (χ0) is 24.9. The maximum absolute atomic E-state index is 13.6. The van der Waals surface area contributed by atoms with Crippen molar-refractivity contribution in [2.45, 2.75) is 20.4 Å². The molecule has 0 bridgehead atoms. The molecule has 1 heterocycles. The number of rotatable bonds is 7. The quantitative estimate of drug-likeness (QED) is 0.419. The van der Waals surface area contributed by atoms with E-state index in [4.69, 9.17) is 4.74 Å². The third kappa shape index (κ3) is 5.22. The fourth-order valence-corrected chi connectivity index (χ4v) is 3.62. The largest absolute Gasteiger partial charge is 0.497 e. The molecule has 0 spiro atoms. The lowest BCUT2D eigenvalue weighted by Crippen LogP contribution is -2.30. The first-order valence-corrected chi connectivity index (χ1v) is 11.2. The van der Waals surface area contributed by atoms with Crippen LogP contribution in [-0.2, 0) is 16.1 Å². The second kappa shape index (κ2) is 10.2. The van der Waals surface area contributed by atoms with Crippen molar-refractivity contribution in [1.29, 1.82) is 0 Å². The highest BCUT2D eigenvalue weighted by Gasteiger charge is 2.19. The van der Waals surface area contributed by atoms with Crippen molar-refractivity contribution in [2.75, 3.05) is 17.7 Å². The van der Waals surface area contributed by atoms with Crippen molar-refractivity contribution < 1.29 is 14.3 Å². The van der Waals surface area contributed by atoms with Crippen LogP contribution in [0.15, 0.2) is 77.6 Å². The second-order valence-electron chi connectivity index (χ2n) is 8.31. The molecule has 178 valence electrons. The first-order valence-electron chi connectivity index (χ1n) is 11.2. The van der Waals surface area contributed by atoms with Gasteiger partial charge in [-0.3, -0.25) is 19.0 Å². The number of benzene rings is 3. The number of methoxy groups -OCH3 is 1. The molecule has 0 saturated carbocycles. The Labute approximate surface area is 202 Å². The van der Waals surface area contributed by atoms with Crippen LogP contribution in [0.5, 0.6) is 5.75 Å². The summed E-state index contributed by atoms with van der Waals surface area (Å²) < 4.78 is 6.54. The number of fused-ring (bicyclic) bond motifs is 1. The van der Waals surface area contributed by atoms with Crippen molar-refractivity contribution in [2.24, 2.45) is 5.92 Å². The molecule has 0 radical (unpaired) electrons. The first-order chi connectivity index (χ1) is 16.9. The first kappa shape index (κ1) is 23.7. The average Bonchev–Trinajstić information content (AvgIpc) is 2.86. The molecule has 1 aromatic heterocycles. The Morgan fingerprint density at radius 2 is 1.63 bits per heavy atom. The van der Waals surface area contributed by atoms with Gasteiger partial charge in [-0.25, -0.2) is 4.98 Å². The van der Waals surface area contributed by atoms with Crippen molar-refractivity contribution in [3.63, 3.8) is 0 Å². The number of para-hydroxylation sites is 3. The minimum absolute atomic E-state index is 0.153. The number of aromatic nitrogens is 2. The van der Waals surface area contributed by atoms with Crippen molar-refractivity contribution in [1.82, 2.24) is 9.55 Å². The predicted molar refractivity (Wildman–Crippen MR) is 137 cm³/mol. The summed E-state index contributed by atoms with van der Waals surface area (Å²) in [5.41, 5.74) is 2.38. The van der Waals surface area contributed by atoms with Crippen LogP contribution in [0, 0.1) is 5.92 Å². The third-order valence-electron chi connectivity index (χ3n) is 5.49. The van der Waals surface area contributed by atoms with E-state index in [1.54, 1.807) is 87.7 Å². The zero-order valence-electron chi connectivity index (χ0n) is 19.7. The molecule has 8 heteroatoms. The number of amides is 2. The molecule has 0 unspecified atom stereocenters. The number of ether oxygens (including phenoxy) is 1. The van der Waals surface area contributed by atoms with E-state index in [0.717, 1.165) is 0 Å². The lowest BCUT2D eigenvalue weighted by atomic mass is 10.1. The van der Waals surface area contributed by atoms with E-state index in [9.17, 15) is 14.4 Å². The number of hydrogen-bond acceptors (Lipinski definition) is 5. The molecule has 3 aromatic carbocycles. The normalized spacial score (nSPS) is 10.9. The molecular formula is C27H26N4O4. The average molecular weight is 471 g/mol. The van der Waals surface area contributed by atoms with Gasteiger partial charge < -0.3 is 15.4 Å². The summed E-state index contributed by atoms with van der Waals surface area (Å²) in [6.07, 6.45) is 0. The molecule has 35 heavy (non-hydrogen) atoms. The van der Waals surface area contributed by atoms with Gasteiger partial charge in [-0.15, -0.1) is 0 Å². The Balaban J connectivity index is 1.74. The van der Waals surface area contributed by atoms with Crippen LogP contribution in [0.1, 0.15) is 13.8 Å². The number of nitrogens with zero attached hydrogens (tertiary/aromatic N) is 2. The highest BCUT2D eigenvalue weighted by molar-refractivity contribution is 5.96. The Hall–Kier alpha value is -4.46. The van der Waals surface area contributed by atoms with Gasteiger partial charge in [0, 0.05) is 17.2 Å². The molecule has 0 aliphatic heterocycles. The van der Waals surface area contributed by atoms with Crippen molar-refractivity contribution in [3.8, 4) is 17.0 Å². The van der Waals surface area contributed by atoms with Gasteiger partial charge in [0.15, 0.2) is 0 Å². The summed E-state index contributed by atoms with van der Waals surface area (Å²) in [4.78, 5) is 43.4. The lowest BCUT2D eigenvalue weighted by Gasteiger charge is -2.15. The summed E-state index contributed by atoms with van der Waals surface area (Å²) >= 11 is 0. The van der Waals surface area contributed by atoms with E-state index >= 15 is 0 Å². The van der Waals surface area contributed by atoms with Gasteiger partial charge >= 0.3 is 0 Å². The van der Waals surface area contributed by atoms with E-state index in [1.807, 2.05) is 6.07 Å². The molecule has 0 aliphatic rings. The summed E-state index contributed by atoms with van der Waals surface area (Å²) in [6, 6.07) is 21.1. The Morgan fingerprint density at radius 1 is 0.943 bits per heavy atom. The number of carbonyl (C=O) groups is 2. The van der Waals surface area contributed by atoms with Crippen molar-refractivity contribution in [3.05, 3.63) is 83.2 Å². The third-order valence-corrected chi connectivity index (χ3v) is 5.49. The number of anilines is 2. The minimum Gasteiger partial charge on any atom is -0.497 e. The monoisotopic (exact) mass is 470 g/mol. The summed E-state index contributed by atoms with van der Waals surface area (Å²) in [5.74, 6) is -0.0865. The zero-order valence-corrected chi connectivity index (χ0v) is 19.7. The van der Waals surface area contributed by atoms with Gasteiger partial charge in [0.05, 0.1) is 23.8 Å². The van der Waals surface area contributed by atoms with Crippen LogP contribution in [0.2, 0.25) is 0 Å². The maximum atomic E-state index is 13.6. The topological polar surface area (TPSA) is 102 Å². The van der Waals surface area contributed by atoms with Gasteiger partial charge in [0.2, 0.25) is 11.8 Å². The molecule has 4 rings (SSSR count). The molecule has 0 atom stereocenters. The highest BCUT2D eigenvalue weighted by Crippen LogP contribution is 2.26. The number of hydrogen-bond donors (Lipinski definition) is 2. The van der Waals surface area contributed by atoms with Gasteiger partial charge in [-0.05, 0) is 42.5 Å². The van der Waals surface area contributed by atoms with Crippen LogP contribution in [0.25, 0.3) is 22.3 Å². The molecule has 4 aromatic rings. The fourth-order valence-electron chi connectivity index (χ4n) is 3.62. The predicted octanol–water partition coefficient (Wildman–Crippen LogP) is 4.31. The summed E-state index contributed by atoms with van der Waals surface area (Å²) in [7, 11) is 1.57. The molecule has 2 N–H and O–H groups in total. The molecule has 0 fully saturated rings. The molecular weight excluding hydrogens is 444 g/mol. The van der Waals surface area contributed by atoms with Crippen LogP contribution in [-0.4, -0.2) is 28.5 Å². The van der Waals surface area contributed by atoms with Gasteiger partial charge in [-0.2, -0.15) is 0 Å². The van der Waals surface area contributed by atoms with E-state index in [0.29, 0.717) is 33.7 Å². The molecule has 0 aliphatic carbocycles. The maximum Gasteiger partial charge on any atom is 0.278 e. The van der Waals surface area contributed by atoms with Crippen LogP contribution in [0.3, 0.4) is 0 Å². The summed E-state index contributed by atoms with van der Waals surface area (Å²) in [5, 5.41) is 5.68. The smallest absolute Gasteiger partial charge is 0.278 e. The fraction of sp³-hybridized carbons (Fsp3) is 0.185. The van der Waals surface area contributed by atoms with E-state index in [-0.39, 0.29) is 30.0 Å². The number of nitrogens with one attached hydrogen (secondary N) is 2. The van der Waals surface area contributed by atoms with E-state index in [1.165, 1.54) is 4.57 Å². The van der Waals surface area contributed by atoms with Gasteiger partial charge in [0.1, 0.15) is 18.0 Å². The minimum atomic E-state index is -0.431. The standard InChI is InChI=1S/C27H26N4O4/c1-17(2)26(33)30-21-9-5-4-8-20(21)25-27(34)31(23-11-7-6-10-22(23)29-25)16-24(32)28-18-12-14-19(35-3)15-13-18/h4-15,17H,16H2,1-3H3,(H,28,32)(H,30,33). The number of carbonyl (C=O) groups excluding carboxylic acids is 2. The Kier molecular flexibility index (Phi) is 6.91. The van der Waals surface area contributed by atoms with Crippen LogP contribution >= 0.6 is 0 Å². The molecule has 2 amide bonds. The van der Waals surface area contributed by atoms with Crippen molar-refractivity contribution >= 4 is 34.2 Å². The lowest BCUT2D eigenvalue weighted by molar-refractivity contribution is -0.119. The Bertz CT molecular complexity index is 1440. The van der Waals surface area contributed by atoms with Gasteiger partial charge in [-0.1, -0.05) is 44.2 Å².